The van der Waals surface area contributed by atoms with Crippen LogP contribution in [0.2, 0.25) is 0 Å². The first-order chi connectivity index (χ1) is 14.0. The van der Waals surface area contributed by atoms with Gasteiger partial charge in [0.2, 0.25) is 0 Å². The molecule has 0 bridgehead atoms. The molecule has 0 saturated carbocycles. The zero-order valence-corrected chi connectivity index (χ0v) is 16.6. The van der Waals surface area contributed by atoms with Crippen LogP contribution < -0.4 is 20.5 Å². The van der Waals surface area contributed by atoms with Crippen molar-refractivity contribution in [2.75, 3.05) is 18.0 Å². The molecule has 0 spiro atoms. The first-order valence-corrected chi connectivity index (χ1v) is 9.82. The van der Waals surface area contributed by atoms with Gasteiger partial charge in [0, 0.05) is 18.8 Å². The molecule has 0 aliphatic carbocycles. The number of rotatable bonds is 5. The first kappa shape index (κ1) is 19.0. The van der Waals surface area contributed by atoms with Crippen molar-refractivity contribution in [2.24, 2.45) is 0 Å². The van der Waals surface area contributed by atoms with Crippen LogP contribution in [-0.4, -0.2) is 34.5 Å². The highest BCUT2D eigenvalue weighted by Crippen LogP contribution is 2.33. The summed E-state index contributed by atoms with van der Waals surface area (Å²) in [6.45, 7) is 5.37. The topological polar surface area (TPSA) is 75.9 Å². The van der Waals surface area contributed by atoms with E-state index in [0.717, 1.165) is 17.7 Å². The molecule has 3 heterocycles. The molecule has 1 amide bonds. The molecule has 1 aliphatic heterocycles. The van der Waals surface area contributed by atoms with Crippen molar-refractivity contribution in [3.8, 4) is 5.75 Å². The fraction of sp³-hybridized carbons (Fsp3) is 0.318. The van der Waals surface area contributed by atoms with Crippen molar-refractivity contribution in [3.05, 3.63) is 70.3 Å². The summed E-state index contributed by atoms with van der Waals surface area (Å²) in [6, 6.07) is 12.9. The minimum Gasteiger partial charge on any atom is -0.477 e. The van der Waals surface area contributed by atoms with E-state index in [4.69, 9.17) is 4.74 Å². The van der Waals surface area contributed by atoms with Crippen LogP contribution >= 0.6 is 0 Å². The minimum atomic E-state index is -0.611. The van der Waals surface area contributed by atoms with E-state index in [1.165, 1.54) is 0 Å². The summed E-state index contributed by atoms with van der Waals surface area (Å²) >= 11 is 0. The number of benzene rings is 1. The fourth-order valence-electron chi connectivity index (χ4n) is 3.49. The molecular formula is C22H24N4O3. The molecule has 7 heteroatoms. The largest absolute Gasteiger partial charge is 0.477 e. The number of carbonyl (C=O) groups is 1. The van der Waals surface area contributed by atoms with Gasteiger partial charge in [-0.3, -0.25) is 14.0 Å². The summed E-state index contributed by atoms with van der Waals surface area (Å²) in [5.74, 6) is 0.525. The molecule has 7 nitrogen and oxygen atoms in total. The Morgan fingerprint density at radius 2 is 2.10 bits per heavy atom. The number of nitrogens with one attached hydrogen (secondary N) is 1. The van der Waals surface area contributed by atoms with Crippen molar-refractivity contribution in [2.45, 2.75) is 32.9 Å². The molecule has 0 unspecified atom stereocenters. The predicted molar refractivity (Wildman–Crippen MR) is 111 cm³/mol. The molecule has 150 valence electrons. The Labute approximate surface area is 168 Å². The van der Waals surface area contributed by atoms with Gasteiger partial charge in [-0.2, -0.15) is 0 Å². The summed E-state index contributed by atoms with van der Waals surface area (Å²) in [5, 5.41) is 2.90. The van der Waals surface area contributed by atoms with Crippen LogP contribution in [0.3, 0.4) is 0 Å². The Morgan fingerprint density at radius 1 is 1.28 bits per heavy atom. The van der Waals surface area contributed by atoms with Gasteiger partial charge in [-0.05, 0) is 37.1 Å². The number of aromatic nitrogens is 2. The number of hydrogen-bond donors (Lipinski definition) is 1. The Morgan fingerprint density at radius 3 is 2.93 bits per heavy atom. The van der Waals surface area contributed by atoms with E-state index in [-0.39, 0.29) is 11.5 Å². The van der Waals surface area contributed by atoms with E-state index in [0.29, 0.717) is 36.7 Å². The third kappa shape index (κ3) is 3.94. The molecule has 29 heavy (non-hydrogen) atoms. The highest BCUT2D eigenvalue weighted by atomic mass is 16.5. The lowest BCUT2D eigenvalue weighted by Crippen LogP contribution is -2.49. The van der Waals surface area contributed by atoms with E-state index in [1.54, 1.807) is 16.7 Å². The molecule has 1 aromatic carbocycles. The lowest BCUT2D eigenvalue weighted by Gasteiger charge is -2.35. The van der Waals surface area contributed by atoms with Crippen LogP contribution in [0.25, 0.3) is 5.65 Å². The highest BCUT2D eigenvalue weighted by molar-refractivity contribution is 5.83. The second-order valence-electron chi connectivity index (χ2n) is 7.27. The first-order valence-electron chi connectivity index (χ1n) is 9.82. The summed E-state index contributed by atoms with van der Waals surface area (Å²) in [5.41, 5.74) is 3.03. The minimum absolute atomic E-state index is 0.118. The summed E-state index contributed by atoms with van der Waals surface area (Å²) in [6.07, 6.45) is 2.04. The summed E-state index contributed by atoms with van der Waals surface area (Å²) in [4.78, 5) is 31.7. The number of ether oxygens (including phenoxy) is 1. The maximum atomic E-state index is 12.5. The standard InChI is InChI=1S/C22H24N4O3/c1-3-10-23-22(28)19-14-25(17-6-4-5-7-18(17)29-19)13-16-11-21(27)26-12-15(2)8-9-20(26)24-16/h4-9,11-12,19H,3,10,13-14H2,1-2H3,(H,23,28)/t19-/m0/s1. The highest BCUT2D eigenvalue weighted by Gasteiger charge is 2.30. The third-order valence-electron chi connectivity index (χ3n) is 4.92. The average molecular weight is 392 g/mol. The van der Waals surface area contributed by atoms with Crippen LogP contribution in [-0.2, 0) is 11.3 Å². The van der Waals surface area contributed by atoms with E-state index in [2.05, 4.69) is 10.3 Å². The average Bonchev–Trinajstić information content (AvgIpc) is 2.72. The van der Waals surface area contributed by atoms with Crippen LogP contribution in [0, 0.1) is 6.92 Å². The molecule has 0 fully saturated rings. The SMILES string of the molecule is CCCNC(=O)[C@@H]1CN(Cc2cc(=O)n3cc(C)ccc3n2)c2ccccc2O1. The van der Waals surface area contributed by atoms with Gasteiger partial charge in [0.05, 0.1) is 24.5 Å². The Balaban J connectivity index is 1.64. The monoisotopic (exact) mass is 392 g/mol. The van der Waals surface area contributed by atoms with Crippen molar-refractivity contribution in [3.63, 3.8) is 0 Å². The second kappa shape index (κ2) is 7.95. The number of anilines is 1. The Kier molecular flexibility index (Phi) is 5.20. The van der Waals surface area contributed by atoms with E-state index in [9.17, 15) is 9.59 Å². The van der Waals surface area contributed by atoms with Gasteiger partial charge >= 0.3 is 0 Å². The normalized spacial score (nSPS) is 15.7. The van der Waals surface area contributed by atoms with E-state index in [1.807, 2.05) is 55.1 Å². The van der Waals surface area contributed by atoms with Crippen molar-refractivity contribution in [1.29, 1.82) is 0 Å². The number of pyridine rings is 1. The molecule has 3 aromatic rings. The number of amides is 1. The molecular weight excluding hydrogens is 368 g/mol. The van der Waals surface area contributed by atoms with Gasteiger partial charge < -0.3 is 15.0 Å². The van der Waals surface area contributed by atoms with Gasteiger partial charge in [0.1, 0.15) is 11.4 Å². The van der Waals surface area contributed by atoms with Crippen molar-refractivity contribution < 1.29 is 9.53 Å². The molecule has 0 radical (unpaired) electrons. The second-order valence-corrected chi connectivity index (χ2v) is 7.27. The van der Waals surface area contributed by atoms with Crippen LogP contribution in [0.15, 0.2) is 53.5 Å². The van der Waals surface area contributed by atoms with Crippen molar-refractivity contribution >= 4 is 17.2 Å². The molecule has 1 atom stereocenters. The van der Waals surface area contributed by atoms with E-state index < -0.39 is 6.10 Å². The number of para-hydroxylation sites is 2. The van der Waals surface area contributed by atoms with Crippen LogP contribution in [0.4, 0.5) is 5.69 Å². The Bertz CT molecular complexity index is 1110. The number of nitrogens with zero attached hydrogens (tertiary/aromatic N) is 3. The van der Waals surface area contributed by atoms with Crippen molar-refractivity contribution in [1.82, 2.24) is 14.7 Å². The van der Waals surface area contributed by atoms with Gasteiger partial charge in [0.25, 0.3) is 11.5 Å². The lowest BCUT2D eigenvalue weighted by molar-refractivity contribution is -0.127. The quantitative estimate of drug-likeness (QED) is 0.721. The van der Waals surface area contributed by atoms with Gasteiger partial charge in [-0.15, -0.1) is 0 Å². The zero-order chi connectivity index (χ0) is 20.4. The van der Waals surface area contributed by atoms with Gasteiger partial charge in [0.15, 0.2) is 6.10 Å². The molecule has 1 aliphatic rings. The zero-order valence-electron chi connectivity index (χ0n) is 16.6. The summed E-state index contributed by atoms with van der Waals surface area (Å²) in [7, 11) is 0. The number of aryl methyl sites for hydroxylation is 1. The number of hydrogen-bond acceptors (Lipinski definition) is 5. The fourth-order valence-corrected chi connectivity index (χ4v) is 3.49. The smallest absolute Gasteiger partial charge is 0.262 e. The maximum Gasteiger partial charge on any atom is 0.262 e. The van der Waals surface area contributed by atoms with Gasteiger partial charge in [-0.25, -0.2) is 4.98 Å². The number of carbonyl (C=O) groups excluding carboxylic acids is 1. The predicted octanol–water partition coefficient (Wildman–Crippen LogP) is 2.30. The maximum absolute atomic E-state index is 12.5. The molecule has 4 rings (SSSR count). The van der Waals surface area contributed by atoms with Gasteiger partial charge in [-0.1, -0.05) is 25.1 Å². The van der Waals surface area contributed by atoms with Crippen LogP contribution in [0.1, 0.15) is 24.6 Å². The third-order valence-corrected chi connectivity index (χ3v) is 4.92. The summed E-state index contributed by atoms with van der Waals surface area (Å²) < 4.78 is 7.47. The lowest BCUT2D eigenvalue weighted by atomic mass is 10.1. The molecule has 1 N–H and O–H groups in total. The number of fused-ring (bicyclic) bond motifs is 2. The Hall–Kier alpha value is -3.35. The van der Waals surface area contributed by atoms with E-state index >= 15 is 0 Å². The molecule has 0 saturated heterocycles. The van der Waals surface area contributed by atoms with Crippen LogP contribution in [0.5, 0.6) is 5.75 Å². The molecule has 2 aromatic heterocycles.